The van der Waals surface area contributed by atoms with Crippen molar-refractivity contribution in [1.82, 2.24) is 0 Å². The van der Waals surface area contributed by atoms with E-state index in [1.54, 1.807) is 18.2 Å². The van der Waals surface area contributed by atoms with Gasteiger partial charge in [-0.1, -0.05) is 6.07 Å². The zero-order valence-corrected chi connectivity index (χ0v) is 10.9. The van der Waals surface area contributed by atoms with Gasteiger partial charge in [0.25, 0.3) is 0 Å². The Morgan fingerprint density at radius 3 is 2.69 bits per heavy atom. The van der Waals surface area contributed by atoms with Crippen molar-refractivity contribution in [2.45, 2.75) is 6.92 Å². The summed E-state index contributed by atoms with van der Waals surface area (Å²) in [7, 11) is 0. The number of ketones is 1. The summed E-state index contributed by atoms with van der Waals surface area (Å²) in [6.07, 6.45) is 0. The number of thiophene rings is 1. The van der Waals surface area contributed by atoms with E-state index in [-0.39, 0.29) is 11.3 Å². The first-order chi connectivity index (χ1) is 7.61. The summed E-state index contributed by atoms with van der Waals surface area (Å²) >= 11 is 4.68. The second-order valence-electron chi connectivity index (χ2n) is 3.32. The van der Waals surface area contributed by atoms with Crippen molar-refractivity contribution < 1.29 is 9.18 Å². The quantitative estimate of drug-likeness (QED) is 0.760. The van der Waals surface area contributed by atoms with Crippen molar-refractivity contribution in [3.05, 3.63) is 55.9 Å². The number of hydrogen-bond acceptors (Lipinski definition) is 2. The molecule has 0 amide bonds. The van der Waals surface area contributed by atoms with Crippen LogP contribution in [0.3, 0.4) is 0 Å². The highest BCUT2D eigenvalue weighted by molar-refractivity contribution is 9.10. The molecule has 1 aromatic heterocycles. The fourth-order valence-corrected chi connectivity index (χ4v) is 2.69. The van der Waals surface area contributed by atoms with Crippen LogP contribution < -0.4 is 0 Å². The van der Waals surface area contributed by atoms with Gasteiger partial charge in [0.15, 0.2) is 5.78 Å². The highest BCUT2D eigenvalue weighted by Crippen LogP contribution is 2.25. The van der Waals surface area contributed by atoms with Crippen LogP contribution in [0.25, 0.3) is 0 Å². The highest BCUT2D eigenvalue weighted by atomic mass is 79.9. The second kappa shape index (κ2) is 4.47. The first-order valence-electron chi connectivity index (χ1n) is 4.64. The Hall–Kier alpha value is -1.00. The lowest BCUT2D eigenvalue weighted by atomic mass is 10.0. The van der Waals surface area contributed by atoms with E-state index in [9.17, 15) is 9.18 Å². The van der Waals surface area contributed by atoms with Crippen molar-refractivity contribution in [2.75, 3.05) is 0 Å². The van der Waals surface area contributed by atoms with Crippen LogP contribution >= 0.6 is 27.3 Å². The Kier molecular flexibility index (Phi) is 3.21. The number of aryl methyl sites for hydroxylation is 1. The van der Waals surface area contributed by atoms with Gasteiger partial charge in [-0.05, 0) is 46.4 Å². The SMILES string of the molecule is Cc1sccc1C(=O)c1c(F)cccc1Br. The minimum absolute atomic E-state index is 0.101. The van der Waals surface area contributed by atoms with E-state index in [1.807, 2.05) is 12.3 Å². The smallest absolute Gasteiger partial charge is 0.198 e. The lowest BCUT2D eigenvalue weighted by Gasteiger charge is -2.04. The van der Waals surface area contributed by atoms with Crippen LogP contribution in [0.1, 0.15) is 20.8 Å². The van der Waals surface area contributed by atoms with E-state index in [0.717, 1.165) is 4.88 Å². The van der Waals surface area contributed by atoms with Gasteiger partial charge in [-0.25, -0.2) is 4.39 Å². The van der Waals surface area contributed by atoms with Gasteiger partial charge in [0.05, 0.1) is 5.56 Å². The zero-order chi connectivity index (χ0) is 11.7. The molecule has 0 saturated heterocycles. The van der Waals surface area contributed by atoms with Gasteiger partial charge in [0, 0.05) is 14.9 Å². The van der Waals surface area contributed by atoms with Crippen LogP contribution in [-0.4, -0.2) is 5.78 Å². The molecule has 0 aliphatic carbocycles. The molecular weight excluding hydrogens is 291 g/mol. The molecule has 0 atom stereocenters. The molecule has 1 nitrogen and oxygen atoms in total. The predicted molar refractivity (Wildman–Crippen MR) is 66.6 cm³/mol. The number of hydrogen-bond donors (Lipinski definition) is 0. The first-order valence-corrected chi connectivity index (χ1v) is 6.31. The Labute approximate surface area is 105 Å². The van der Waals surface area contributed by atoms with Gasteiger partial charge in [0.1, 0.15) is 5.82 Å². The molecule has 2 rings (SSSR count). The predicted octanol–water partition coefficient (Wildman–Crippen LogP) is 4.19. The Morgan fingerprint density at radius 1 is 1.38 bits per heavy atom. The van der Waals surface area contributed by atoms with Gasteiger partial charge in [-0.15, -0.1) is 11.3 Å². The van der Waals surface area contributed by atoms with Crippen LogP contribution in [0.2, 0.25) is 0 Å². The van der Waals surface area contributed by atoms with Crippen molar-refractivity contribution in [2.24, 2.45) is 0 Å². The molecule has 1 heterocycles. The molecule has 0 aliphatic heterocycles. The van der Waals surface area contributed by atoms with Crippen LogP contribution in [0.5, 0.6) is 0 Å². The molecule has 1 aromatic carbocycles. The number of rotatable bonds is 2. The van der Waals surface area contributed by atoms with Gasteiger partial charge in [0.2, 0.25) is 0 Å². The lowest BCUT2D eigenvalue weighted by molar-refractivity contribution is 0.103. The number of carbonyl (C=O) groups is 1. The zero-order valence-electron chi connectivity index (χ0n) is 8.46. The molecule has 0 unspecified atom stereocenters. The Bertz CT molecular complexity index is 527. The average molecular weight is 299 g/mol. The lowest BCUT2D eigenvalue weighted by Crippen LogP contribution is -2.05. The number of halogens is 2. The monoisotopic (exact) mass is 298 g/mol. The summed E-state index contributed by atoms with van der Waals surface area (Å²) in [5, 5.41) is 1.83. The molecule has 2 aromatic rings. The van der Waals surface area contributed by atoms with E-state index in [0.29, 0.717) is 10.0 Å². The van der Waals surface area contributed by atoms with Crippen molar-refractivity contribution in [3.63, 3.8) is 0 Å². The Balaban J connectivity index is 2.54. The fourth-order valence-electron chi connectivity index (χ4n) is 1.47. The third-order valence-electron chi connectivity index (χ3n) is 2.29. The molecule has 16 heavy (non-hydrogen) atoms. The standard InChI is InChI=1S/C12H8BrFOS/c1-7-8(5-6-16-7)12(15)11-9(13)3-2-4-10(11)14/h2-6H,1H3. The summed E-state index contributed by atoms with van der Waals surface area (Å²) in [4.78, 5) is 13.0. The molecule has 0 saturated carbocycles. The highest BCUT2D eigenvalue weighted by Gasteiger charge is 2.19. The van der Waals surface area contributed by atoms with Crippen LogP contribution in [0.4, 0.5) is 4.39 Å². The van der Waals surface area contributed by atoms with E-state index in [1.165, 1.54) is 17.4 Å². The van der Waals surface area contributed by atoms with E-state index >= 15 is 0 Å². The first kappa shape index (κ1) is 11.5. The minimum Gasteiger partial charge on any atom is -0.288 e. The van der Waals surface area contributed by atoms with Crippen LogP contribution in [0, 0.1) is 12.7 Å². The second-order valence-corrected chi connectivity index (χ2v) is 5.29. The van der Waals surface area contributed by atoms with Crippen LogP contribution in [0.15, 0.2) is 34.1 Å². The molecule has 0 radical (unpaired) electrons. The van der Waals surface area contributed by atoms with E-state index in [2.05, 4.69) is 15.9 Å². The van der Waals surface area contributed by atoms with E-state index in [4.69, 9.17) is 0 Å². The molecule has 0 spiro atoms. The Morgan fingerprint density at radius 2 is 2.12 bits per heavy atom. The molecule has 0 bridgehead atoms. The molecule has 0 aliphatic rings. The third-order valence-corrected chi connectivity index (χ3v) is 3.80. The summed E-state index contributed by atoms with van der Waals surface area (Å²) in [5.74, 6) is -0.770. The summed E-state index contributed by atoms with van der Waals surface area (Å²) in [5.41, 5.74) is 0.666. The van der Waals surface area contributed by atoms with Crippen molar-refractivity contribution in [1.29, 1.82) is 0 Å². The number of carbonyl (C=O) groups excluding carboxylic acids is 1. The van der Waals surface area contributed by atoms with Crippen molar-refractivity contribution in [3.8, 4) is 0 Å². The van der Waals surface area contributed by atoms with Gasteiger partial charge < -0.3 is 0 Å². The molecule has 82 valence electrons. The third kappa shape index (κ3) is 1.95. The summed E-state index contributed by atoms with van der Waals surface area (Å²) in [6, 6.07) is 6.25. The van der Waals surface area contributed by atoms with Gasteiger partial charge in [-0.3, -0.25) is 4.79 Å². The van der Waals surface area contributed by atoms with Gasteiger partial charge >= 0.3 is 0 Å². The van der Waals surface area contributed by atoms with Gasteiger partial charge in [-0.2, -0.15) is 0 Å². The minimum atomic E-state index is -0.495. The maximum Gasteiger partial charge on any atom is 0.198 e. The average Bonchev–Trinajstić information content (AvgIpc) is 2.64. The fraction of sp³-hybridized carbons (Fsp3) is 0.0833. The largest absolute Gasteiger partial charge is 0.288 e. The molecule has 4 heteroatoms. The maximum absolute atomic E-state index is 13.6. The molecule has 0 fully saturated rings. The maximum atomic E-state index is 13.6. The molecular formula is C12H8BrFOS. The van der Waals surface area contributed by atoms with Crippen molar-refractivity contribution >= 4 is 33.0 Å². The summed E-state index contributed by atoms with van der Waals surface area (Å²) in [6.45, 7) is 1.85. The molecule has 0 N–H and O–H groups in total. The summed E-state index contributed by atoms with van der Waals surface area (Å²) < 4.78 is 14.1. The van der Waals surface area contributed by atoms with E-state index < -0.39 is 5.82 Å². The van der Waals surface area contributed by atoms with Crippen LogP contribution in [-0.2, 0) is 0 Å². The normalized spacial score (nSPS) is 10.4. The number of benzene rings is 1. The topological polar surface area (TPSA) is 17.1 Å².